The van der Waals surface area contributed by atoms with Crippen LogP contribution in [0.2, 0.25) is 0 Å². The molecule has 2 aromatic heterocycles. The van der Waals surface area contributed by atoms with Crippen molar-refractivity contribution in [3.8, 4) is 0 Å². The fraction of sp³-hybridized carbons (Fsp3) is 0.273. The Kier molecular flexibility index (Phi) is 2.98. The highest BCUT2D eigenvalue weighted by Gasteiger charge is 2.14. The van der Waals surface area contributed by atoms with E-state index >= 15 is 0 Å². The topological polar surface area (TPSA) is 64.3 Å². The lowest BCUT2D eigenvalue weighted by molar-refractivity contribution is -0.146. The monoisotopic (exact) mass is 220 g/mol. The van der Waals surface area contributed by atoms with E-state index in [2.05, 4.69) is 4.98 Å². The van der Waals surface area contributed by atoms with E-state index in [4.69, 9.17) is 4.74 Å². The second kappa shape index (κ2) is 4.42. The highest BCUT2D eigenvalue weighted by molar-refractivity contribution is 5.95. The van der Waals surface area contributed by atoms with Crippen LogP contribution in [-0.2, 0) is 4.74 Å². The summed E-state index contributed by atoms with van der Waals surface area (Å²) >= 11 is 0. The van der Waals surface area contributed by atoms with Crippen LogP contribution in [0.25, 0.3) is 11.0 Å². The molecule has 0 bridgehead atoms. The highest BCUT2D eigenvalue weighted by atomic mass is 16.6. The molecular formula is C11H12N2O3. The number of pyridine rings is 1. The van der Waals surface area contributed by atoms with Gasteiger partial charge in [0.15, 0.2) is 6.29 Å². The van der Waals surface area contributed by atoms with Gasteiger partial charge >= 0.3 is 0 Å². The van der Waals surface area contributed by atoms with E-state index in [1.807, 2.05) is 0 Å². The minimum absolute atomic E-state index is 0.379. The summed E-state index contributed by atoms with van der Waals surface area (Å²) in [4.78, 5) is 15.0. The van der Waals surface area contributed by atoms with E-state index in [-0.39, 0.29) is 0 Å². The molecule has 0 fully saturated rings. The number of aliphatic hydroxyl groups is 1. The van der Waals surface area contributed by atoms with E-state index in [9.17, 15) is 9.90 Å². The maximum absolute atomic E-state index is 10.9. The molecule has 1 N–H and O–H groups in total. The molecular weight excluding hydrogens is 208 g/mol. The molecule has 0 radical (unpaired) electrons. The molecule has 0 aromatic carbocycles. The second-order valence-corrected chi connectivity index (χ2v) is 3.27. The molecule has 0 saturated heterocycles. The quantitative estimate of drug-likeness (QED) is 0.623. The van der Waals surface area contributed by atoms with E-state index in [1.54, 1.807) is 25.3 Å². The van der Waals surface area contributed by atoms with E-state index in [1.165, 1.54) is 10.8 Å². The van der Waals surface area contributed by atoms with Gasteiger partial charge in [0.2, 0.25) is 6.41 Å². The summed E-state index contributed by atoms with van der Waals surface area (Å²) in [5.74, 6) is 0. The molecule has 0 aliphatic heterocycles. The van der Waals surface area contributed by atoms with Crippen molar-refractivity contribution in [3.63, 3.8) is 0 Å². The van der Waals surface area contributed by atoms with Crippen LogP contribution in [0.1, 0.15) is 23.7 Å². The third kappa shape index (κ3) is 1.70. The minimum atomic E-state index is -1.11. The largest absolute Gasteiger partial charge is 0.351 e. The lowest BCUT2D eigenvalue weighted by atomic mass is 10.2. The number of aromatic nitrogens is 2. The van der Waals surface area contributed by atoms with E-state index in [0.717, 1.165) is 6.29 Å². The molecule has 5 heteroatoms. The zero-order valence-corrected chi connectivity index (χ0v) is 8.83. The standard InChI is InChI=1S/C11H12N2O3/c1-2-16-11(15)13-6-8(7-14)9-4-3-5-12-10(9)13/h3-7,11,15H,2H2,1H3. The van der Waals surface area contributed by atoms with E-state index < -0.39 is 6.41 Å². The highest BCUT2D eigenvalue weighted by Crippen LogP contribution is 2.21. The van der Waals surface area contributed by atoms with Crippen molar-refractivity contribution < 1.29 is 14.6 Å². The van der Waals surface area contributed by atoms with Gasteiger partial charge in [-0.2, -0.15) is 0 Å². The Labute approximate surface area is 92.3 Å². The molecule has 0 saturated carbocycles. The number of hydrogen-bond donors (Lipinski definition) is 1. The van der Waals surface area contributed by atoms with Gasteiger partial charge in [-0.3, -0.25) is 9.36 Å². The number of fused-ring (bicyclic) bond motifs is 1. The number of aldehydes is 1. The molecule has 2 aromatic rings. The minimum Gasteiger partial charge on any atom is -0.351 e. The van der Waals surface area contributed by atoms with Crippen molar-refractivity contribution in [2.75, 3.05) is 6.61 Å². The first-order valence-corrected chi connectivity index (χ1v) is 4.98. The lowest BCUT2D eigenvalue weighted by Crippen LogP contribution is -2.11. The number of hydrogen-bond acceptors (Lipinski definition) is 4. The van der Waals surface area contributed by atoms with Crippen LogP contribution >= 0.6 is 0 Å². The molecule has 1 unspecified atom stereocenters. The number of ether oxygens (including phenoxy) is 1. The third-order valence-corrected chi connectivity index (χ3v) is 2.30. The van der Waals surface area contributed by atoms with Gasteiger partial charge in [-0.25, -0.2) is 4.98 Å². The zero-order chi connectivity index (χ0) is 11.5. The van der Waals surface area contributed by atoms with Crippen molar-refractivity contribution in [1.82, 2.24) is 9.55 Å². The maximum atomic E-state index is 10.9. The Morgan fingerprint density at radius 3 is 3.19 bits per heavy atom. The summed E-state index contributed by atoms with van der Waals surface area (Å²) in [6.07, 6.45) is 2.76. The molecule has 2 heterocycles. The van der Waals surface area contributed by atoms with Crippen LogP contribution < -0.4 is 0 Å². The van der Waals surface area contributed by atoms with Crippen molar-refractivity contribution in [3.05, 3.63) is 30.1 Å². The van der Waals surface area contributed by atoms with Gasteiger partial charge in [-0.1, -0.05) is 0 Å². The van der Waals surface area contributed by atoms with Gasteiger partial charge in [0.25, 0.3) is 0 Å². The summed E-state index contributed by atoms with van der Waals surface area (Å²) < 4.78 is 6.49. The lowest BCUT2D eigenvalue weighted by Gasteiger charge is -2.12. The second-order valence-electron chi connectivity index (χ2n) is 3.27. The van der Waals surface area contributed by atoms with Gasteiger partial charge in [0, 0.05) is 30.0 Å². The Bertz CT molecular complexity index is 507. The molecule has 2 rings (SSSR count). The number of rotatable bonds is 4. The summed E-state index contributed by atoms with van der Waals surface area (Å²) in [7, 11) is 0. The van der Waals surface area contributed by atoms with Crippen LogP contribution in [0.15, 0.2) is 24.5 Å². The fourth-order valence-corrected chi connectivity index (χ4v) is 1.60. The maximum Gasteiger partial charge on any atom is 0.243 e. The average Bonchev–Trinajstić information content (AvgIpc) is 2.68. The smallest absolute Gasteiger partial charge is 0.243 e. The third-order valence-electron chi connectivity index (χ3n) is 2.30. The molecule has 16 heavy (non-hydrogen) atoms. The zero-order valence-electron chi connectivity index (χ0n) is 8.83. The van der Waals surface area contributed by atoms with Crippen molar-refractivity contribution in [2.45, 2.75) is 13.3 Å². The predicted molar refractivity (Wildman–Crippen MR) is 58.0 cm³/mol. The van der Waals surface area contributed by atoms with Crippen LogP contribution in [0.5, 0.6) is 0 Å². The number of nitrogens with zero attached hydrogens (tertiary/aromatic N) is 2. The predicted octanol–water partition coefficient (Wildman–Crippen LogP) is 1.33. The van der Waals surface area contributed by atoms with Crippen LogP contribution in [-0.4, -0.2) is 27.6 Å². The summed E-state index contributed by atoms with van der Waals surface area (Å²) in [6, 6.07) is 3.52. The number of carbonyl (C=O) groups excluding carboxylic acids is 1. The molecule has 0 spiro atoms. The van der Waals surface area contributed by atoms with E-state index in [0.29, 0.717) is 23.2 Å². The number of carbonyl (C=O) groups is 1. The van der Waals surface area contributed by atoms with Crippen LogP contribution in [0.3, 0.4) is 0 Å². The van der Waals surface area contributed by atoms with Gasteiger partial charge in [-0.05, 0) is 19.1 Å². The van der Waals surface area contributed by atoms with Gasteiger partial charge in [0.05, 0.1) is 0 Å². The van der Waals surface area contributed by atoms with Crippen molar-refractivity contribution in [1.29, 1.82) is 0 Å². The normalized spacial score (nSPS) is 12.9. The van der Waals surface area contributed by atoms with Crippen LogP contribution in [0.4, 0.5) is 0 Å². The van der Waals surface area contributed by atoms with Crippen LogP contribution in [0, 0.1) is 0 Å². The Morgan fingerprint density at radius 1 is 1.69 bits per heavy atom. The van der Waals surface area contributed by atoms with Crippen molar-refractivity contribution in [2.24, 2.45) is 0 Å². The summed E-state index contributed by atoms with van der Waals surface area (Å²) in [5.41, 5.74) is 1.02. The van der Waals surface area contributed by atoms with Gasteiger partial charge < -0.3 is 9.84 Å². The fourth-order valence-electron chi connectivity index (χ4n) is 1.60. The Balaban J connectivity index is 2.57. The van der Waals surface area contributed by atoms with Gasteiger partial charge in [-0.15, -0.1) is 0 Å². The first-order valence-electron chi connectivity index (χ1n) is 4.98. The van der Waals surface area contributed by atoms with Crippen molar-refractivity contribution >= 4 is 17.3 Å². The number of aliphatic hydroxyl groups excluding tert-OH is 1. The summed E-state index contributed by atoms with van der Waals surface area (Å²) in [5, 5.41) is 10.4. The summed E-state index contributed by atoms with van der Waals surface area (Å²) in [6.45, 7) is 2.16. The van der Waals surface area contributed by atoms with Gasteiger partial charge in [0.1, 0.15) is 5.65 Å². The molecule has 84 valence electrons. The molecule has 5 nitrogen and oxygen atoms in total. The molecule has 0 aliphatic carbocycles. The first-order chi connectivity index (χ1) is 7.77. The molecule has 1 atom stereocenters. The first kappa shape index (κ1) is 10.8. The Morgan fingerprint density at radius 2 is 2.50 bits per heavy atom. The SMILES string of the molecule is CCOC(O)n1cc(C=O)c2cccnc21. The molecule has 0 aliphatic rings. The average molecular weight is 220 g/mol. The Hall–Kier alpha value is -1.72. The molecule has 0 amide bonds.